The topological polar surface area (TPSA) is 79.5 Å². The van der Waals surface area contributed by atoms with Crippen LogP contribution in [0, 0.1) is 5.92 Å². The second-order valence-corrected chi connectivity index (χ2v) is 6.77. The second-order valence-electron chi connectivity index (χ2n) is 6.77. The van der Waals surface area contributed by atoms with Gasteiger partial charge >= 0.3 is 12.1 Å². The van der Waals surface area contributed by atoms with Gasteiger partial charge in [0.25, 0.3) is 0 Å². The average molecular weight is 383 g/mol. The Morgan fingerprint density at radius 2 is 2.19 bits per heavy atom. The minimum absolute atomic E-state index is 0.121. The molecule has 0 bridgehead atoms. The highest BCUT2D eigenvalue weighted by Gasteiger charge is 2.31. The van der Waals surface area contributed by atoms with E-state index in [1.165, 1.54) is 12.1 Å². The molecule has 2 aromatic rings. The third-order valence-electron chi connectivity index (χ3n) is 4.64. The fourth-order valence-corrected chi connectivity index (χ4v) is 3.32. The molecule has 1 N–H and O–H groups in total. The monoisotopic (exact) mass is 383 g/mol. The number of hydrogen-bond donors (Lipinski definition) is 1. The van der Waals surface area contributed by atoms with Gasteiger partial charge in [-0.2, -0.15) is 18.2 Å². The van der Waals surface area contributed by atoms with Gasteiger partial charge in [0.15, 0.2) is 0 Å². The molecular formula is C18H20F3N3O3. The van der Waals surface area contributed by atoms with E-state index in [0.29, 0.717) is 24.8 Å². The highest BCUT2D eigenvalue weighted by Crippen LogP contribution is 2.31. The van der Waals surface area contributed by atoms with E-state index in [-0.39, 0.29) is 17.8 Å². The summed E-state index contributed by atoms with van der Waals surface area (Å²) in [5.74, 6) is -0.0349. The van der Waals surface area contributed by atoms with Gasteiger partial charge in [-0.1, -0.05) is 17.3 Å². The quantitative estimate of drug-likeness (QED) is 0.817. The van der Waals surface area contributed by atoms with Crippen LogP contribution in [0.2, 0.25) is 0 Å². The number of halogens is 3. The molecule has 1 aliphatic rings. The van der Waals surface area contributed by atoms with E-state index < -0.39 is 17.7 Å². The summed E-state index contributed by atoms with van der Waals surface area (Å²) in [6.45, 7) is 1.98. The first kappa shape index (κ1) is 19.3. The predicted octanol–water partition coefficient (Wildman–Crippen LogP) is 3.83. The van der Waals surface area contributed by atoms with Crippen LogP contribution in [-0.2, 0) is 17.5 Å². The van der Waals surface area contributed by atoms with E-state index in [9.17, 15) is 18.0 Å². The molecule has 27 heavy (non-hydrogen) atoms. The molecule has 1 aromatic carbocycles. The molecule has 1 atom stereocenters. The lowest BCUT2D eigenvalue weighted by Gasteiger charge is -2.31. The zero-order chi connectivity index (χ0) is 19.4. The van der Waals surface area contributed by atoms with Crippen LogP contribution in [-0.4, -0.2) is 39.2 Å². The molecule has 6 nitrogen and oxygen atoms in total. The Morgan fingerprint density at radius 1 is 1.37 bits per heavy atom. The summed E-state index contributed by atoms with van der Waals surface area (Å²) in [7, 11) is 0. The first-order valence-electron chi connectivity index (χ1n) is 8.75. The number of rotatable bonds is 6. The molecule has 2 heterocycles. The number of carboxylic acid groups (broad SMARTS) is 1. The average Bonchev–Trinajstić information content (AvgIpc) is 3.08. The van der Waals surface area contributed by atoms with Crippen LogP contribution in [0.15, 0.2) is 28.8 Å². The number of carbonyl (C=O) groups is 1. The first-order valence-corrected chi connectivity index (χ1v) is 8.75. The van der Waals surface area contributed by atoms with Crippen molar-refractivity contribution >= 4 is 5.97 Å². The number of carboxylic acids is 1. The Labute approximate surface area is 154 Å². The molecule has 146 valence electrons. The van der Waals surface area contributed by atoms with Crippen molar-refractivity contribution in [2.45, 2.75) is 38.4 Å². The molecule has 0 radical (unpaired) electrons. The summed E-state index contributed by atoms with van der Waals surface area (Å²) in [6.07, 6.45) is -1.70. The van der Waals surface area contributed by atoms with Crippen molar-refractivity contribution in [3.63, 3.8) is 0 Å². The minimum Gasteiger partial charge on any atom is -0.481 e. The lowest BCUT2D eigenvalue weighted by atomic mass is 9.93. The number of nitrogens with zero attached hydrogens (tertiary/aromatic N) is 3. The van der Waals surface area contributed by atoms with Gasteiger partial charge < -0.3 is 9.63 Å². The lowest BCUT2D eigenvalue weighted by Crippen LogP contribution is -2.35. The Hall–Kier alpha value is -2.42. The Kier molecular flexibility index (Phi) is 5.79. The number of benzene rings is 1. The van der Waals surface area contributed by atoms with Crippen LogP contribution in [0.25, 0.3) is 11.4 Å². The van der Waals surface area contributed by atoms with Gasteiger partial charge in [0.05, 0.1) is 12.1 Å². The van der Waals surface area contributed by atoms with Crippen LogP contribution < -0.4 is 0 Å². The van der Waals surface area contributed by atoms with Gasteiger partial charge in [0.1, 0.15) is 0 Å². The Bertz CT molecular complexity index is 791. The van der Waals surface area contributed by atoms with E-state index in [1.54, 1.807) is 0 Å². The molecule has 9 heteroatoms. The number of likely N-dealkylation sites (tertiary alicyclic amines) is 1. The highest BCUT2D eigenvalue weighted by atomic mass is 19.4. The number of aliphatic carboxylic acids is 1. The zero-order valence-electron chi connectivity index (χ0n) is 14.6. The van der Waals surface area contributed by atoms with Gasteiger partial charge in [-0.15, -0.1) is 0 Å². The number of hydrogen-bond acceptors (Lipinski definition) is 5. The zero-order valence-corrected chi connectivity index (χ0v) is 14.6. The second kappa shape index (κ2) is 8.08. The number of aromatic nitrogens is 2. The van der Waals surface area contributed by atoms with Gasteiger partial charge in [-0.25, -0.2) is 0 Å². The molecule has 0 aliphatic carbocycles. The third-order valence-corrected chi connectivity index (χ3v) is 4.64. The molecular weight excluding hydrogens is 363 g/mol. The largest absolute Gasteiger partial charge is 0.481 e. The summed E-state index contributed by atoms with van der Waals surface area (Å²) in [5.41, 5.74) is -0.513. The molecule has 1 saturated heterocycles. The Morgan fingerprint density at radius 3 is 2.93 bits per heavy atom. The summed E-state index contributed by atoms with van der Waals surface area (Å²) in [5, 5.41) is 12.6. The maximum absolute atomic E-state index is 12.8. The SMILES string of the molecule is O=C(O)CCC1CCCN(Cc2nc(-c3cccc(C(F)(F)F)c3)no2)C1. The standard InChI is InChI=1S/C18H20F3N3O3/c19-18(20,21)14-5-1-4-13(9-14)17-22-15(27-23-17)11-24-8-2-3-12(10-24)6-7-16(25)26/h1,4-5,9,12H,2-3,6-8,10-11H2,(H,25,26). The van der Waals surface area contributed by atoms with Crippen molar-refractivity contribution in [3.05, 3.63) is 35.7 Å². The maximum Gasteiger partial charge on any atom is 0.416 e. The van der Waals surface area contributed by atoms with E-state index in [4.69, 9.17) is 9.63 Å². The van der Waals surface area contributed by atoms with Gasteiger partial charge in [-0.05, 0) is 43.9 Å². The van der Waals surface area contributed by atoms with Crippen molar-refractivity contribution in [2.75, 3.05) is 13.1 Å². The molecule has 1 unspecified atom stereocenters. The minimum atomic E-state index is -4.43. The van der Waals surface area contributed by atoms with E-state index >= 15 is 0 Å². The third kappa shape index (κ3) is 5.29. The summed E-state index contributed by atoms with van der Waals surface area (Å²) in [6, 6.07) is 4.81. The van der Waals surface area contributed by atoms with Crippen molar-refractivity contribution in [2.24, 2.45) is 5.92 Å². The molecule has 0 spiro atoms. The molecule has 1 fully saturated rings. The van der Waals surface area contributed by atoms with Crippen molar-refractivity contribution in [1.29, 1.82) is 0 Å². The molecule has 1 aliphatic heterocycles. The highest BCUT2D eigenvalue weighted by molar-refractivity contribution is 5.66. The molecule has 3 rings (SSSR count). The van der Waals surface area contributed by atoms with Gasteiger partial charge in [0.2, 0.25) is 11.7 Å². The first-order chi connectivity index (χ1) is 12.8. The van der Waals surface area contributed by atoms with Crippen molar-refractivity contribution < 1.29 is 27.6 Å². The molecule has 1 aromatic heterocycles. The molecule has 0 saturated carbocycles. The van der Waals surface area contributed by atoms with Crippen LogP contribution >= 0.6 is 0 Å². The van der Waals surface area contributed by atoms with Gasteiger partial charge in [0, 0.05) is 18.5 Å². The van der Waals surface area contributed by atoms with Crippen LogP contribution in [0.5, 0.6) is 0 Å². The maximum atomic E-state index is 12.8. The number of alkyl halides is 3. The summed E-state index contributed by atoms with van der Waals surface area (Å²) < 4.78 is 43.7. The van der Waals surface area contributed by atoms with Crippen LogP contribution in [0.1, 0.15) is 37.1 Å². The van der Waals surface area contributed by atoms with E-state index in [0.717, 1.165) is 38.1 Å². The van der Waals surface area contributed by atoms with E-state index in [2.05, 4.69) is 15.0 Å². The van der Waals surface area contributed by atoms with Crippen LogP contribution in [0.3, 0.4) is 0 Å². The normalized spacial score (nSPS) is 18.6. The molecule has 0 amide bonds. The van der Waals surface area contributed by atoms with Crippen molar-refractivity contribution in [1.82, 2.24) is 15.0 Å². The fraction of sp³-hybridized carbons (Fsp3) is 0.500. The fourth-order valence-electron chi connectivity index (χ4n) is 3.32. The van der Waals surface area contributed by atoms with Gasteiger partial charge in [-0.3, -0.25) is 9.69 Å². The number of piperidine rings is 1. The summed E-state index contributed by atoms with van der Waals surface area (Å²) >= 11 is 0. The Balaban J connectivity index is 1.63. The predicted molar refractivity (Wildman–Crippen MR) is 89.6 cm³/mol. The smallest absolute Gasteiger partial charge is 0.416 e. The summed E-state index contributed by atoms with van der Waals surface area (Å²) in [4.78, 5) is 17.0. The van der Waals surface area contributed by atoms with E-state index in [1.807, 2.05) is 0 Å². The van der Waals surface area contributed by atoms with Crippen LogP contribution in [0.4, 0.5) is 13.2 Å². The lowest BCUT2D eigenvalue weighted by molar-refractivity contribution is -0.138. The van der Waals surface area contributed by atoms with Crippen molar-refractivity contribution in [3.8, 4) is 11.4 Å².